The highest BCUT2D eigenvalue weighted by molar-refractivity contribution is 6.32. The Hall–Kier alpha value is -2.93. The molecule has 0 spiro atoms. The van der Waals surface area contributed by atoms with Crippen molar-refractivity contribution in [3.05, 3.63) is 57.1 Å². The van der Waals surface area contributed by atoms with E-state index < -0.39 is 10.9 Å². The lowest BCUT2D eigenvalue weighted by atomic mass is 10.1. The van der Waals surface area contributed by atoms with E-state index in [1.54, 1.807) is 12.1 Å². The molecule has 0 aliphatic carbocycles. The molecule has 1 heterocycles. The molecule has 0 unspecified atom stereocenters. The largest absolute Gasteiger partial charge is 0.478 e. The highest BCUT2D eigenvalue weighted by Gasteiger charge is 2.17. The van der Waals surface area contributed by atoms with Crippen LogP contribution in [0.1, 0.15) is 10.4 Å². The Labute approximate surface area is 128 Å². The number of nitro benzene ring substituents is 1. The molecular formula is C14H8ClN3O4. The maximum atomic E-state index is 11.0. The van der Waals surface area contributed by atoms with E-state index in [-0.39, 0.29) is 16.3 Å². The number of aromatic amines is 1. The number of halogens is 1. The first-order valence-electron chi connectivity index (χ1n) is 6.13. The molecular weight excluding hydrogens is 310 g/mol. The molecule has 3 aromatic rings. The minimum atomic E-state index is -1.04. The van der Waals surface area contributed by atoms with Gasteiger partial charge < -0.3 is 5.11 Å². The molecule has 0 amide bonds. The summed E-state index contributed by atoms with van der Waals surface area (Å²) >= 11 is 5.79. The van der Waals surface area contributed by atoms with Crippen LogP contribution in [-0.2, 0) is 0 Å². The fourth-order valence-corrected chi connectivity index (χ4v) is 2.36. The van der Waals surface area contributed by atoms with Gasteiger partial charge in [0.05, 0.1) is 16.0 Å². The molecule has 0 saturated carbocycles. The average Bonchev–Trinajstić information content (AvgIpc) is 2.90. The number of nitrogens with one attached hydrogen (secondary N) is 1. The van der Waals surface area contributed by atoms with Crippen LogP contribution >= 0.6 is 11.6 Å². The summed E-state index contributed by atoms with van der Waals surface area (Å²) in [5, 5.41) is 27.5. The molecule has 0 aliphatic heterocycles. The lowest BCUT2D eigenvalue weighted by molar-refractivity contribution is -0.384. The number of rotatable bonds is 3. The molecule has 0 fully saturated rings. The molecule has 22 heavy (non-hydrogen) atoms. The van der Waals surface area contributed by atoms with E-state index >= 15 is 0 Å². The first kappa shape index (κ1) is 14.0. The first-order valence-corrected chi connectivity index (χ1v) is 6.51. The quantitative estimate of drug-likeness (QED) is 0.567. The molecule has 0 saturated heterocycles. The van der Waals surface area contributed by atoms with Gasteiger partial charge in [-0.15, -0.1) is 0 Å². The molecule has 3 rings (SSSR count). The number of aromatic carboxylic acids is 1. The van der Waals surface area contributed by atoms with Gasteiger partial charge in [-0.3, -0.25) is 15.2 Å². The van der Waals surface area contributed by atoms with Crippen LogP contribution < -0.4 is 0 Å². The second kappa shape index (κ2) is 5.12. The normalized spacial score (nSPS) is 10.8. The summed E-state index contributed by atoms with van der Waals surface area (Å²) in [4.78, 5) is 21.3. The molecule has 110 valence electrons. The fraction of sp³-hybridized carbons (Fsp3) is 0. The second-order valence-electron chi connectivity index (χ2n) is 4.56. The lowest BCUT2D eigenvalue weighted by Gasteiger charge is -2.00. The van der Waals surface area contributed by atoms with Gasteiger partial charge in [-0.1, -0.05) is 17.7 Å². The molecule has 1 aromatic heterocycles. The summed E-state index contributed by atoms with van der Waals surface area (Å²) in [5.41, 5.74) is 1.46. The van der Waals surface area contributed by atoms with Gasteiger partial charge >= 0.3 is 5.97 Å². The highest BCUT2D eigenvalue weighted by Crippen LogP contribution is 2.32. The molecule has 0 aliphatic rings. The van der Waals surface area contributed by atoms with Crippen LogP contribution in [0.25, 0.3) is 22.2 Å². The van der Waals surface area contributed by atoms with Gasteiger partial charge in [0, 0.05) is 17.0 Å². The van der Waals surface area contributed by atoms with Crippen molar-refractivity contribution in [2.45, 2.75) is 0 Å². The topological polar surface area (TPSA) is 109 Å². The Morgan fingerprint density at radius 2 is 2.05 bits per heavy atom. The Balaban J connectivity index is 2.17. The van der Waals surface area contributed by atoms with Gasteiger partial charge in [-0.25, -0.2) is 4.79 Å². The van der Waals surface area contributed by atoms with Crippen LogP contribution in [0.5, 0.6) is 0 Å². The van der Waals surface area contributed by atoms with E-state index in [9.17, 15) is 14.9 Å². The number of aromatic nitrogens is 2. The van der Waals surface area contributed by atoms with Gasteiger partial charge in [0.2, 0.25) is 0 Å². The molecule has 0 atom stereocenters. The van der Waals surface area contributed by atoms with E-state index in [0.29, 0.717) is 22.2 Å². The summed E-state index contributed by atoms with van der Waals surface area (Å²) in [6.07, 6.45) is 0. The minimum absolute atomic E-state index is 0.0433. The third-order valence-electron chi connectivity index (χ3n) is 3.23. The van der Waals surface area contributed by atoms with Gasteiger partial charge in [-0.05, 0) is 24.3 Å². The maximum Gasteiger partial charge on any atom is 0.335 e. The number of carbonyl (C=O) groups is 1. The molecule has 7 nitrogen and oxygen atoms in total. The number of nitrogens with zero attached hydrogens (tertiary/aromatic N) is 2. The zero-order valence-electron chi connectivity index (χ0n) is 10.9. The molecule has 0 radical (unpaired) electrons. The first-order chi connectivity index (χ1) is 10.5. The van der Waals surface area contributed by atoms with Gasteiger partial charge in [0.15, 0.2) is 0 Å². The number of hydrogen-bond donors (Lipinski definition) is 2. The van der Waals surface area contributed by atoms with Crippen molar-refractivity contribution in [3.8, 4) is 11.3 Å². The van der Waals surface area contributed by atoms with E-state index in [1.807, 2.05) is 0 Å². The summed E-state index contributed by atoms with van der Waals surface area (Å²) in [6.45, 7) is 0. The number of carboxylic acids is 1. The Kier molecular flexibility index (Phi) is 3.26. The Morgan fingerprint density at radius 1 is 1.27 bits per heavy atom. The average molecular weight is 318 g/mol. The smallest absolute Gasteiger partial charge is 0.335 e. The molecule has 0 bridgehead atoms. The van der Waals surface area contributed by atoms with Crippen LogP contribution in [0.4, 0.5) is 5.69 Å². The number of fused-ring (bicyclic) bond motifs is 1. The Morgan fingerprint density at radius 3 is 2.73 bits per heavy atom. The van der Waals surface area contributed by atoms with Crippen molar-refractivity contribution in [3.63, 3.8) is 0 Å². The number of carboxylic acid groups (broad SMARTS) is 1. The monoisotopic (exact) mass is 317 g/mol. The molecule has 2 N–H and O–H groups in total. The SMILES string of the molecule is O=C(O)c1ccc2c(-c3ccc(Cl)c([N+](=O)[O-])c3)n[nH]c2c1. The van der Waals surface area contributed by atoms with E-state index in [0.717, 1.165) is 0 Å². The summed E-state index contributed by atoms with van der Waals surface area (Å²) in [6, 6.07) is 8.91. The number of benzene rings is 2. The van der Waals surface area contributed by atoms with Crippen molar-refractivity contribution in [1.82, 2.24) is 10.2 Å². The van der Waals surface area contributed by atoms with Crippen molar-refractivity contribution < 1.29 is 14.8 Å². The molecule has 2 aromatic carbocycles. The summed E-state index contributed by atoms with van der Waals surface area (Å²) < 4.78 is 0. The van der Waals surface area contributed by atoms with Crippen LogP contribution in [0.15, 0.2) is 36.4 Å². The lowest BCUT2D eigenvalue weighted by Crippen LogP contribution is -1.94. The minimum Gasteiger partial charge on any atom is -0.478 e. The zero-order chi connectivity index (χ0) is 15.9. The number of hydrogen-bond acceptors (Lipinski definition) is 4. The van der Waals surface area contributed by atoms with Crippen molar-refractivity contribution >= 4 is 34.2 Å². The Bertz CT molecular complexity index is 920. The predicted octanol–water partition coefficient (Wildman–Crippen LogP) is 3.49. The summed E-state index contributed by atoms with van der Waals surface area (Å²) in [7, 11) is 0. The third-order valence-corrected chi connectivity index (χ3v) is 3.55. The molecule has 8 heteroatoms. The standard InChI is InChI=1S/C14H8ClN3O4/c15-10-4-2-7(6-12(10)18(21)22)13-9-3-1-8(14(19)20)5-11(9)16-17-13/h1-6H,(H,16,17)(H,19,20). The predicted molar refractivity (Wildman–Crippen MR) is 80.2 cm³/mol. The zero-order valence-corrected chi connectivity index (χ0v) is 11.7. The van der Waals surface area contributed by atoms with Crippen LogP contribution in [0.3, 0.4) is 0 Å². The van der Waals surface area contributed by atoms with Gasteiger partial charge in [-0.2, -0.15) is 5.10 Å². The van der Waals surface area contributed by atoms with Crippen LogP contribution in [0, 0.1) is 10.1 Å². The van der Waals surface area contributed by atoms with Gasteiger partial charge in [0.1, 0.15) is 10.7 Å². The van der Waals surface area contributed by atoms with Crippen molar-refractivity contribution in [2.24, 2.45) is 0 Å². The maximum absolute atomic E-state index is 11.0. The van der Waals surface area contributed by atoms with Crippen LogP contribution in [-0.4, -0.2) is 26.2 Å². The number of nitro groups is 1. The summed E-state index contributed by atoms with van der Waals surface area (Å²) in [5.74, 6) is -1.04. The van der Waals surface area contributed by atoms with Crippen molar-refractivity contribution in [2.75, 3.05) is 0 Å². The van der Waals surface area contributed by atoms with E-state index in [1.165, 1.54) is 24.3 Å². The van der Waals surface area contributed by atoms with Gasteiger partial charge in [0.25, 0.3) is 5.69 Å². The number of H-pyrrole nitrogens is 1. The van der Waals surface area contributed by atoms with Crippen molar-refractivity contribution in [1.29, 1.82) is 0 Å². The van der Waals surface area contributed by atoms with Crippen LogP contribution in [0.2, 0.25) is 5.02 Å². The second-order valence-corrected chi connectivity index (χ2v) is 4.97. The third kappa shape index (κ3) is 2.27. The fourth-order valence-electron chi connectivity index (χ4n) is 2.17. The highest BCUT2D eigenvalue weighted by atomic mass is 35.5. The van der Waals surface area contributed by atoms with E-state index in [4.69, 9.17) is 16.7 Å². The van der Waals surface area contributed by atoms with E-state index in [2.05, 4.69) is 10.2 Å².